The van der Waals surface area contributed by atoms with Crippen molar-refractivity contribution in [2.24, 2.45) is 5.92 Å². The molecule has 0 N–H and O–H groups in total. The summed E-state index contributed by atoms with van der Waals surface area (Å²) in [5.41, 5.74) is 13.1. The fourth-order valence-corrected chi connectivity index (χ4v) is 9.62. The number of anilines is 2. The van der Waals surface area contributed by atoms with Gasteiger partial charge in [0.05, 0.1) is 13.7 Å². The van der Waals surface area contributed by atoms with Crippen LogP contribution in [0.3, 0.4) is 0 Å². The second-order valence-electron chi connectivity index (χ2n) is 16.4. The molecular formula is C51H45IrN4O2Si. The van der Waals surface area contributed by atoms with Crippen molar-refractivity contribution >= 4 is 63.4 Å². The molecule has 0 radical (unpaired) electrons. The number of hydrogen-bond donors (Lipinski definition) is 0. The van der Waals surface area contributed by atoms with Crippen molar-refractivity contribution in [1.82, 2.24) is 9.97 Å². The summed E-state index contributed by atoms with van der Waals surface area (Å²) in [7, 11) is -1.43. The Labute approximate surface area is 360 Å². The van der Waals surface area contributed by atoms with E-state index < -0.39 is 8.07 Å². The minimum Gasteiger partial charge on any atom is -0.661 e. The molecule has 6 aromatic carbocycles. The van der Waals surface area contributed by atoms with Gasteiger partial charge in [0.1, 0.15) is 5.58 Å². The van der Waals surface area contributed by atoms with Gasteiger partial charge in [-0.25, -0.2) is 4.98 Å². The molecule has 59 heavy (non-hydrogen) atoms. The Morgan fingerprint density at radius 1 is 0.763 bits per heavy atom. The topological polar surface area (TPSA) is 69.4 Å². The van der Waals surface area contributed by atoms with E-state index in [0.29, 0.717) is 11.8 Å². The van der Waals surface area contributed by atoms with Crippen LogP contribution in [-0.2, 0) is 26.5 Å². The maximum absolute atomic E-state index is 6.34. The summed E-state index contributed by atoms with van der Waals surface area (Å²) in [5, 5.41) is 8.77. The molecule has 0 spiro atoms. The van der Waals surface area contributed by atoms with E-state index >= 15 is 0 Å². The van der Waals surface area contributed by atoms with Crippen molar-refractivity contribution in [2.45, 2.75) is 53.0 Å². The van der Waals surface area contributed by atoms with Crippen LogP contribution in [0.1, 0.15) is 37.0 Å². The first-order valence-electron chi connectivity index (χ1n) is 20.0. The standard InChI is InChI=1S/C31H20N2O.C20H25N2OSi.Ir/c1-2-9-21(10-3-1)22-17-19-23(20-18-22)33-28-15-6-5-14-27(28)32-31(33)26-13-8-12-25-24-11-4-7-16-29(24)34-30(25)26;1-13(2)10-15-11-18(21-12-19(15)24(4,5)6)16-8-7-9-17-20(16)23-14(3)22-17;/h1-12,14-20,31H;7,9,11-13H,10H2,1-6H3;/q-2;-1;+3. The number of aromatic nitrogens is 2. The number of fused-ring (bicyclic) bond motifs is 5. The molecule has 1 aliphatic rings. The molecule has 0 amide bonds. The molecule has 6 nitrogen and oxygen atoms in total. The van der Waals surface area contributed by atoms with Crippen molar-refractivity contribution in [3.05, 3.63) is 174 Å². The fourth-order valence-electron chi connectivity index (χ4n) is 8.03. The van der Waals surface area contributed by atoms with Gasteiger partial charge in [0.2, 0.25) is 0 Å². The zero-order valence-electron chi connectivity index (χ0n) is 34.1. The fraction of sp³-hybridized carbons (Fsp3) is 0.176. The van der Waals surface area contributed by atoms with E-state index in [0.717, 1.165) is 73.3 Å². The first-order chi connectivity index (χ1) is 28.1. The van der Waals surface area contributed by atoms with Gasteiger partial charge in [0.15, 0.2) is 5.89 Å². The van der Waals surface area contributed by atoms with E-state index in [1.165, 1.54) is 21.9 Å². The number of benzene rings is 6. The van der Waals surface area contributed by atoms with E-state index in [-0.39, 0.29) is 26.3 Å². The molecule has 1 unspecified atom stereocenters. The Morgan fingerprint density at radius 3 is 2.25 bits per heavy atom. The predicted molar refractivity (Wildman–Crippen MR) is 241 cm³/mol. The molecule has 0 saturated heterocycles. The van der Waals surface area contributed by atoms with Crippen molar-refractivity contribution in [1.29, 1.82) is 0 Å². The number of nitrogens with zero attached hydrogens (tertiary/aromatic N) is 4. The molecule has 0 saturated carbocycles. The van der Waals surface area contributed by atoms with Crippen LogP contribution in [-0.4, -0.2) is 18.0 Å². The molecule has 10 rings (SSSR count). The molecule has 3 aromatic heterocycles. The van der Waals surface area contributed by atoms with Crippen LogP contribution in [0.4, 0.5) is 17.1 Å². The normalized spacial score (nSPS) is 13.6. The van der Waals surface area contributed by atoms with Gasteiger partial charge < -0.3 is 24.0 Å². The van der Waals surface area contributed by atoms with Crippen molar-refractivity contribution < 1.29 is 28.9 Å². The number of hydrogen-bond acceptors (Lipinski definition) is 5. The quantitative estimate of drug-likeness (QED) is 0.118. The van der Waals surface area contributed by atoms with Crippen LogP contribution in [0.15, 0.2) is 148 Å². The molecular weight excluding hydrogens is 921 g/mol. The zero-order chi connectivity index (χ0) is 40.0. The second kappa shape index (κ2) is 16.5. The van der Waals surface area contributed by atoms with Crippen LogP contribution in [0.2, 0.25) is 19.6 Å². The monoisotopic (exact) mass is 966 g/mol. The van der Waals surface area contributed by atoms with E-state index in [9.17, 15) is 0 Å². The van der Waals surface area contributed by atoms with Crippen molar-refractivity contribution in [3.63, 3.8) is 0 Å². The van der Waals surface area contributed by atoms with Gasteiger partial charge >= 0.3 is 20.1 Å². The van der Waals surface area contributed by atoms with Gasteiger partial charge in [-0.3, -0.25) is 0 Å². The number of rotatable bonds is 7. The van der Waals surface area contributed by atoms with Gasteiger partial charge in [0, 0.05) is 41.0 Å². The average molecular weight is 966 g/mol. The molecule has 294 valence electrons. The molecule has 1 atom stereocenters. The Kier molecular flexibility index (Phi) is 11.2. The first-order valence-corrected chi connectivity index (χ1v) is 23.5. The largest absolute Gasteiger partial charge is 3.00 e. The van der Waals surface area contributed by atoms with Crippen molar-refractivity contribution in [3.8, 4) is 22.4 Å². The van der Waals surface area contributed by atoms with Crippen LogP contribution < -0.4 is 10.1 Å². The summed E-state index contributed by atoms with van der Waals surface area (Å²) in [6.45, 7) is 13.5. The number of aryl methyl sites for hydroxylation is 1. The predicted octanol–water partition coefficient (Wildman–Crippen LogP) is 13.6. The Morgan fingerprint density at radius 2 is 1.47 bits per heavy atom. The van der Waals surface area contributed by atoms with Crippen LogP contribution >= 0.6 is 0 Å². The molecule has 8 heteroatoms. The first kappa shape index (κ1) is 40.0. The SMILES string of the molecule is Cc1nc2cc[c-]c(-c3cc(CC(C)C)c([Si](C)(C)C)cn3)c2o1.[Ir+3].[c-]1ccc2c(oc3ccccc32)c1C1[N-]c2ccccc2N1c1ccc(-c2ccccc2)cc1. The van der Waals surface area contributed by atoms with Gasteiger partial charge in [-0.1, -0.05) is 135 Å². The van der Waals surface area contributed by atoms with E-state index in [1.54, 1.807) is 0 Å². The second-order valence-corrected chi connectivity index (χ2v) is 21.4. The summed E-state index contributed by atoms with van der Waals surface area (Å²) in [5.74, 6) is 1.29. The summed E-state index contributed by atoms with van der Waals surface area (Å²) in [6, 6.07) is 52.5. The number of para-hydroxylation sites is 3. The Hall–Kier alpha value is -5.79. The maximum Gasteiger partial charge on any atom is 3.00 e. The summed E-state index contributed by atoms with van der Waals surface area (Å²) in [6.07, 6.45) is 2.89. The minimum absolute atomic E-state index is 0. The van der Waals surface area contributed by atoms with E-state index in [4.69, 9.17) is 19.1 Å². The molecule has 0 fully saturated rings. The van der Waals surface area contributed by atoms with Gasteiger partial charge in [-0.2, -0.15) is 18.2 Å². The van der Waals surface area contributed by atoms with Gasteiger partial charge in [-0.15, -0.1) is 29.4 Å². The number of furan rings is 1. The number of pyridine rings is 1. The van der Waals surface area contributed by atoms with Gasteiger partial charge in [-0.05, 0) is 64.8 Å². The number of oxazole rings is 1. The summed E-state index contributed by atoms with van der Waals surface area (Å²) >= 11 is 0. The third-order valence-corrected chi connectivity index (χ3v) is 12.7. The van der Waals surface area contributed by atoms with E-state index in [1.807, 2.05) is 55.5 Å². The third kappa shape index (κ3) is 7.88. The summed E-state index contributed by atoms with van der Waals surface area (Å²) < 4.78 is 12.1. The van der Waals surface area contributed by atoms with E-state index in [2.05, 4.69) is 147 Å². The maximum atomic E-state index is 6.34. The average Bonchev–Trinajstić information content (AvgIpc) is 3.93. The van der Waals surface area contributed by atoms with Crippen LogP contribution in [0, 0.1) is 25.0 Å². The molecule has 9 aromatic rings. The smallest absolute Gasteiger partial charge is 0.661 e. The summed E-state index contributed by atoms with van der Waals surface area (Å²) in [4.78, 5) is 11.5. The minimum atomic E-state index is -1.43. The molecule has 1 aliphatic heterocycles. The molecule has 4 heterocycles. The molecule has 0 aliphatic carbocycles. The van der Waals surface area contributed by atoms with Gasteiger partial charge in [0.25, 0.3) is 0 Å². The zero-order valence-corrected chi connectivity index (χ0v) is 37.5. The molecule has 0 bridgehead atoms. The third-order valence-electron chi connectivity index (χ3n) is 10.7. The van der Waals surface area contributed by atoms with Crippen molar-refractivity contribution in [2.75, 3.05) is 4.90 Å². The van der Waals surface area contributed by atoms with Crippen LogP contribution in [0.5, 0.6) is 0 Å². The van der Waals surface area contributed by atoms with Crippen LogP contribution in [0.25, 0.3) is 60.7 Å². The Balaban J connectivity index is 0.000000172. The Bertz CT molecular complexity index is 2900.